The maximum absolute atomic E-state index is 10.9. The average Bonchev–Trinajstić information content (AvgIpc) is 2.45. The van der Waals surface area contributed by atoms with E-state index in [9.17, 15) is 15.2 Å². The number of benzene rings is 1. The van der Waals surface area contributed by atoms with Crippen molar-refractivity contribution in [1.82, 2.24) is 5.32 Å². The SMILES string of the molecule is COc1ccc(OCC2(O)CCNCC2)cc1[N+](=O)[O-]. The van der Waals surface area contributed by atoms with E-state index in [0.717, 1.165) is 13.1 Å². The molecule has 1 fully saturated rings. The van der Waals surface area contributed by atoms with Gasteiger partial charge in [-0.3, -0.25) is 10.1 Å². The van der Waals surface area contributed by atoms with E-state index >= 15 is 0 Å². The molecule has 1 aromatic rings. The second kappa shape index (κ2) is 6.06. The lowest BCUT2D eigenvalue weighted by molar-refractivity contribution is -0.385. The summed E-state index contributed by atoms with van der Waals surface area (Å²) in [5, 5.41) is 24.4. The largest absolute Gasteiger partial charge is 0.490 e. The number of piperidine rings is 1. The van der Waals surface area contributed by atoms with Gasteiger partial charge in [0.1, 0.15) is 18.0 Å². The van der Waals surface area contributed by atoms with Gasteiger partial charge < -0.3 is 19.9 Å². The Morgan fingerprint density at radius 3 is 2.75 bits per heavy atom. The highest BCUT2D eigenvalue weighted by Gasteiger charge is 2.30. The fraction of sp³-hybridized carbons (Fsp3) is 0.538. The van der Waals surface area contributed by atoms with Crippen molar-refractivity contribution in [2.24, 2.45) is 0 Å². The third-order valence-electron chi connectivity index (χ3n) is 3.39. The third-order valence-corrected chi connectivity index (χ3v) is 3.39. The summed E-state index contributed by atoms with van der Waals surface area (Å²) >= 11 is 0. The van der Waals surface area contributed by atoms with E-state index in [1.807, 2.05) is 0 Å². The van der Waals surface area contributed by atoms with Crippen molar-refractivity contribution in [3.05, 3.63) is 28.3 Å². The zero-order valence-corrected chi connectivity index (χ0v) is 11.3. The van der Waals surface area contributed by atoms with E-state index in [1.54, 1.807) is 6.07 Å². The van der Waals surface area contributed by atoms with Crippen LogP contribution in [0.3, 0.4) is 0 Å². The first-order valence-corrected chi connectivity index (χ1v) is 6.42. The maximum Gasteiger partial charge on any atom is 0.314 e. The van der Waals surface area contributed by atoms with Crippen molar-refractivity contribution >= 4 is 5.69 Å². The molecule has 1 aliphatic rings. The van der Waals surface area contributed by atoms with Gasteiger partial charge in [0.25, 0.3) is 0 Å². The van der Waals surface area contributed by atoms with Crippen molar-refractivity contribution in [2.75, 3.05) is 26.8 Å². The first-order chi connectivity index (χ1) is 9.54. The monoisotopic (exact) mass is 282 g/mol. The van der Waals surface area contributed by atoms with Crippen molar-refractivity contribution < 1.29 is 19.5 Å². The lowest BCUT2D eigenvalue weighted by Crippen LogP contribution is -2.45. The third kappa shape index (κ3) is 3.37. The predicted molar refractivity (Wildman–Crippen MR) is 72.2 cm³/mol. The van der Waals surface area contributed by atoms with Crippen LogP contribution < -0.4 is 14.8 Å². The molecule has 0 atom stereocenters. The molecule has 0 spiro atoms. The molecule has 0 bridgehead atoms. The summed E-state index contributed by atoms with van der Waals surface area (Å²) in [6, 6.07) is 4.39. The minimum absolute atomic E-state index is 0.123. The van der Waals surface area contributed by atoms with Gasteiger partial charge in [-0.05, 0) is 38.1 Å². The van der Waals surface area contributed by atoms with E-state index in [1.165, 1.54) is 19.2 Å². The second-order valence-electron chi connectivity index (χ2n) is 4.85. The Balaban J connectivity index is 2.06. The van der Waals surface area contributed by atoms with Crippen LogP contribution in [-0.4, -0.2) is 42.4 Å². The van der Waals surface area contributed by atoms with Crippen LogP contribution in [0.5, 0.6) is 11.5 Å². The van der Waals surface area contributed by atoms with Crippen molar-refractivity contribution in [3.8, 4) is 11.5 Å². The van der Waals surface area contributed by atoms with Crippen molar-refractivity contribution in [2.45, 2.75) is 18.4 Å². The summed E-state index contributed by atoms with van der Waals surface area (Å²) < 4.78 is 10.4. The van der Waals surface area contributed by atoms with E-state index in [0.29, 0.717) is 18.6 Å². The summed E-state index contributed by atoms with van der Waals surface area (Å²) in [4.78, 5) is 10.4. The maximum atomic E-state index is 10.9. The van der Waals surface area contributed by atoms with Crippen molar-refractivity contribution in [3.63, 3.8) is 0 Å². The van der Waals surface area contributed by atoms with Crippen LogP contribution in [-0.2, 0) is 0 Å². The van der Waals surface area contributed by atoms with Crippen LogP contribution in [0.1, 0.15) is 12.8 Å². The van der Waals surface area contributed by atoms with Gasteiger partial charge in [0.2, 0.25) is 0 Å². The number of hydrogen-bond acceptors (Lipinski definition) is 6. The smallest absolute Gasteiger partial charge is 0.314 e. The Hall–Kier alpha value is -1.86. The Morgan fingerprint density at radius 2 is 2.15 bits per heavy atom. The molecule has 0 amide bonds. The Labute approximate surface area is 116 Å². The molecule has 1 aromatic carbocycles. The van der Waals surface area contributed by atoms with Crippen molar-refractivity contribution in [1.29, 1.82) is 0 Å². The molecule has 0 aromatic heterocycles. The molecule has 0 unspecified atom stereocenters. The minimum Gasteiger partial charge on any atom is -0.490 e. The first-order valence-electron chi connectivity index (χ1n) is 6.42. The fourth-order valence-electron chi connectivity index (χ4n) is 2.16. The summed E-state index contributed by atoms with van der Waals surface area (Å²) in [6.45, 7) is 1.60. The van der Waals surface area contributed by atoms with Gasteiger partial charge in [-0.15, -0.1) is 0 Å². The minimum atomic E-state index is -0.875. The van der Waals surface area contributed by atoms with Crippen LogP contribution >= 0.6 is 0 Å². The van der Waals surface area contributed by atoms with Gasteiger partial charge >= 0.3 is 5.69 Å². The number of nitro benzene ring substituents is 1. The number of nitrogens with zero attached hydrogens (tertiary/aromatic N) is 1. The normalized spacial score (nSPS) is 17.5. The molecule has 2 N–H and O–H groups in total. The number of aliphatic hydroxyl groups is 1. The van der Waals surface area contributed by atoms with E-state index < -0.39 is 10.5 Å². The summed E-state index contributed by atoms with van der Waals surface area (Å²) in [7, 11) is 1.38. The van der Waals surface area contributed by atoms with E-state index in [2.05, 4.69) is 5.32 Å². The Kier molecular flexibility index (Phi) is 4.41. The fourth-order valence-corrected chi connectivity index (χ4v) is 2.16. The van der Waals surface area contributed by atoms with E-state index in [-0.39, 0.29) is 18.0 Å². The lowest BCUT2D eigenvalue weighted by atomic mass is 9.93. The molecule has 0 aliphatic carbocycles. The number of nitro groups is 1. The Bertz CT molecular complexity index is 486. The Morgan fingerprint density at radius 1 is 1.45 bits per heavy atom. The van der Waals surface area contributed by atoms with Crippen LogP contribution in [0, 0.1) is 10.1 Å². The molecule has 0 saturated carbocycles. The highest BCUT2D eigenvalue weighted by Crippen LogP contribution is 2.31. The summed E-state index contributed by atoms with van der Waals surface area (Å²) in [5.74, 6) is 0.535. The van der Waals surface area contributed by atoms with Crippen LogP contribution in [0.2, 0.25) is 0 Å². The van der Waals surface area contributed by atoms with Gasteiger partial charge in [-0.1, -0.05) is 0 Å². The number of ether oxygens (including phenoxy) is 2. The second-order valence-corrected chi connectivity index (χ2v) is 4.85. The molecule has 1 heterocycles. The first kappa shape index (κ1) is 14.5. The average molecular weight is 282 g/mol. The molecular formula is C13H18N2O5. The van der Waals surface area contributed by atoms with Gasteiger partial charge in [-0.2, -0.15) is 0 Å². The topological polar surface area (TPSA) is 93.9 Å². The molecule has 7 nitrogen and oxygen atoms in total. The summed E-state index contributed by atoms with van der Waals surface area (Å²) in [6.07, 6.45) is 1.20. The standard InChI is InChI=1S/C13H18N2O5/c1-19-12-3-2-10(8-11(12)15(17)18)20-9-13(16)4-6-14-7-5-13/h2-3,8,14,16H,4-7,9H2,1H3. The molecule has 2 rings (SSSR count). The highest BCUT2D eigenvalue weighted by atomic mass is 16.6. The van der Waals surface area contributed by atoms with Crippen LogP contribution in [0.15, 0.2) is 18.2 Å². The van der Waals surface area contributed by atoms with Crippen LogP contribution in [0.25, 0.3) is 0 Å². The van der Waals surface area contributed by atoms with Crippen LogP contribution in [0.4, 0.5) is 5.69 Å². The lowest BCUT2D eigenvalue weighted by Gasteiger charge is -2.32. The molecule has 1 aliphatic heterocycles. The molecule has 7 heteroatoms. The summed E-state index contributed by atoms with van der Waals surface area (Å²) in [5.41, 5.74) is -1.03. The molecule has 0 radical (unpaired) electrons. The molecule has 20 heavy (non-hydrogen) atoms. The van der Waals surface area contributed by atoms with Gasteiger partial charge in [0.15, 0.2) is 5.75 Å². The highest BCUT2D eigenvalue weighted by molar-refractivity contribution is 5.50. The van der Waals surface area contributed by atoms with Gasteiger partial charge in [0, 0.05) is 0 Å². The zero-order chi connectivity index (χ0) is 14.6. The molecule has 110 valence electrons. The number of nitrogens with one attached hydrogen (secondary N) is 1. The number of methoxy groups -OCH3 is 1. The molecule has 1 saturated heterocycles. The predicted octanol–water partition coefficient (Wildman–Crippen LogP) is 1.10. The van der Waals surface area contributed by atoms with Gasteiger partial charge in [0.05, 0.1) is 18.1 Å². The molecular weight excluding hydrogens is 264 g/mol. The number of rotatable bonds is 5. The number of hydrogen-bond donors (Lipinski definition) is 2. The zero-order valence-electron chi connectivity index (χ0n) is 11.3. The van der Waals surface area contributed by atoms with Gasteiger partial charge in [-0.25, -0.2) is 0 Å². The quantitative estimate of drug-likeness (QED) is 0.620. The van der Waals surface area contributed by atoms with E-state index in [4.69, 9.17) is 9.47 Å².